The van der Waals surface area contributed by atoms with Gasteiger partial charge in [-0.2, -0.15) is 11.8 Å². The summed E-state index contributed by atoms with van der Waals surface area (Å²) in [6.07, 6.45) is 5.74. The van der Waals surface area contributed by atoms with Crippen LogP contribution in [0.25, 0.3) is 0 Å². The number of amides is 1. The van der Waals surface area contributed by atoms with Crippen LogP contribution in [0.4, 0.5) is 0 Å². The predicted molar refractivity (Wildman–Crippen MR) is 142 cm³/mol. The van der Waals surface area contributed by atoms with Crippen LogP contribution in [0.3, 0.4) is 0 Å². The molecule has 0 bridgehead atoms. The molecule has 4 rings (SSSR count). The van der Waals surface area contributed by atoms with Gasteiger partial charge in [0.2, 0.25) is 5.91 Å². The first kappa shape index (κ1) is 24.7. The summed E-state index contributed by atoms with van der Waals surface area (Å²) in [5.41, 5.74) is 1.85. The predicted octanol–water partition coefficient (Wildman–Crippen LogP) is 8.16. The van der Waals surface area contributed by atoms with E-state index in [1.54, 1.807) is 0 Å². The molecule has 5 heteroatoms. The molecular weight excluding hydrogens is 469 g/mol. The van der Waals surface area contributed by atoms with E-state index in [0.29, 0.717) is 17.4 Å². The molecule has 1 saturated carbocycles. The molecular formula is C28H33Cl2NOS. The smallest absolute Gasteiger partial charge is 0.229 e. The highest BCUT2D eigenvalue weighted by Crippen LogP contribution is 2.54. The Bertz CT molecular complexity index is 990. The minimum absolute atomic E-state index is 0.0471. The van der Waals surface area contributed by atoms with Crippen molar-refractivity contribution in [2.45, 2.75) is 57.5 Å². The highest BCUT2D eigenvalue weighted by atomic mass is 35.5. The number of likely N-dealkylation sites (tertiary alicyclic amines) is 1. The number of hydrogen-bond donors (Lipinski definition) is 0. The van der Waals surface area contributed by atoms with E-state index in [1.807, 2.05) is 42.1 Å². The molecule has 0 spiro atoms. The Balaban J connectivity index is 1.88. The number of benzene rings is 2. The monoisotopic (exact) mass is 501 g/mol. The molecule has 4 atom stereocenters. The van der Waals surface area contributed by atoms with Gasteiger partial charge in [-0.05, 0) is 72.7 Å². The number of carbonyl (C=O) groups is 1. The zero-order chi connectivity index (χ0) is 23.6. The van der Waals surface area contributed by atoms with Crippen molar-refractivity contribution in [3.05, 3.63) is 82.4 Å². The van der Waals surface area contributed by atoms with Gasteiger partial charge in [-0.1, -0.05) is 67.4 Å². The van der Waals surface area contributed by atoms with Crippen molar-refractivity contribution >= 4 is 40.9 Å². The van der Waals surface area contributed by atoms with Crippen LogP contribution < -0.4 is 0 Å². The van der Waals surface area contributed by atoms with E-state index in [4.69, 9.17) is 23.2 Å². The molecule has 0 radical (unpaired) electrons. The maximum absolute atomic E-state index is 14.3. The van der Waals surface area contributed by atoms with Crippen LogP contribution in [-0.4, -0.2) is 28.4 Å². The van der Waals surface area contributed by atoms with E-state index in [0.717, 1.165) is 28.5 Å². The summed E-state index contributed by atoms with van der Waals surface area (Å²) in [6, 6.07) is 16.4. The van der Waals surface area contributed by atoms with Crippen molar-refractivity contribution in [2.24, 2.45) is 11.3 Å². The lowest BCUT2D eigenvalue weighted by molar-refractivity contribution is -0.154. The van der Waals surface area contributed by atoms with Crippen LogP contribution in [0, 0.1) is 11.3 Å². The van der Waals surface area contributed by atoms with Crippen molar-refractivity contribution in [2.75, 3.05) is 11.5 Å². The van der Waals surface area contributed by atoms with E-state index >= 15 is 0 Å². The van der Waals surface area contributed by atoms with Gasteiger partial charge in [-0.3, -0.25) is 4.79 Å². The molecule has 1 heterocycles. The molecule has 1 amide bonds. The highest BCUT2D eigenvalue weighted by molar-refractivity contribution is 7.99. The molecule has 1 saturated heterocycles. The number of halogens is 2. The number of piperidine rings is 1. The van der Waals surface area contributed by atoms with Gasteiger partial charge in [0, 0.05) is 27.8 Å². The summed E-state index contributed by atoms with van der Waals surface area (Å²) in [7, 11) is 0. The second-order valence-corrected chi connectivity index (χ2v) is 11.9. The number of thioether (sulfide) groups is 1. The summed E-state index contributed by atoms with van der Waals surface area (Å²) in [5, 5.41) is 1.44. The van der Waals surface area contributed by atoms with E-state index in [2.05, 4.69) is 49.6 Å². The Morgan fingerprint density at radius 2 is 1.88 bits per heavy atom. The van der Waals surface area contributed by atoms with E-state index < -0.39 is 5.41 Å². The second-order valence-electron chi connectivity index (χ2n) is 9.69. The summed E-state index contributed by atoms with van der Waals surface area (Å²) in [5.74, 6) is 3.01. The first-order chi connectivity index (χ1) is 15.9. The molecule has 2 aliphatic rings. The second kappa shape index (κ2) is 10.5. The van der Waals surface area contributed by atoms with Gasteiger partial charge in [0.05, 0.1) is 11.5 Å². The number of hydrogen-bond acceptors (Lipinski definition) is 2. The minimum atomic E-state index is -0.484. The van der Waals surface area contributed by atoms with Crippen molar-refractivity contribution < 1.29 is 4.79 Å². The molecule has 2 aromatic carbocycles. The quantitative estimate of drug-likeness (QED) is 0.323. The standard InChI is InChI=1S/C28H33Cl2NOS/c1-4-15-28(3)17-24(21-7-6-8-23(30)16-21)26(20-11-13-22(29)14-12-20)31(27(28)32)25(18-33-5-2)19-9-10-19/h4,6-8,11-14,16,19,24-26H,1,5,9-10,15,17-18H2,2-3H3/t24-,25?,26-,28+/m1/s1. The average Bonchev–Trinajstić information content (AvgIpc) is 3.63. The summed E-state index contributed by atoms with van der Waals surface area (Å²) in [4.78, 5) is 16.6. The Morgan fingerprint density at radius 3 is 2.48 bits per heavy atom. The number of allylic oxidation sites excluding steroid dienone is 1. The van der Waals surface area contributed by atoms with Crippen LogP contribution in [0.1, 0.15) is 62.6 Å². The fraction of sp³-hybridized carbons (Fsp3) is 0.464. The molecule has 33 heavy (non-hydrogen) atoms. The Kier molecular flexibility index (Phi) is 7.83. The van der Waals surface area contributed by atoms with Gasteiger partial charge >= 0.3 is 0 Å². The SMILES string of the molecule is C=CC[C@@]1(C)C[C@H](c2cccc(Cl)c2)[C@@H](c2ccc(Cl)cc2)N(C(CSCC)C2CC2)C1=O. The van der Waals surface area contributed by atoms with Crippen LogP contribution in [0.5, 0.6) is 0 Å². The lowest BCUT2D eigenvalue weighted by atomic mass is 9.67. The van der Waals surface area contributed by atoms with Gasteiger partial charge in [-0.25, -0.2) is 0 Å². The fourth-order valence-corrected chi connectivity index (χ4v) is 6.65. The van der Waals surface area contributed by atoms with Crippen LogP contribution in [0.2, 0.25) is 10.0 Å². The van der Waals surface area contributed by atoms with Crippen LogP contribution in [-0.2, 0) is 4.79 Å². The lowest BCUT2D eigenvalue weighted by Crippen LogP contribution is -2.56. The zero-order valence-corrected chi connectivity index (χ0v) is 21.8. The third kappa shape index (κ3) is 5.31. The van der Waals surface area contributed by atoms with Gasteiger partial charge in [0.1, 0.15) is 0 Å². The lowest BCUT2D eigenvalue weighted by Gasteiger charge is -2.52. The summed E-state index contributed by atoms with van der Waals surface area (Å²) < 4.78 is 0. The first-order valence-corrected chi connectivity index (χ1v) is 13.8. The van der Waals surface area contributed by atoms with Crippen LogP contribution >= 0.6 is 35.0 Å². The zero-order valence-electron chi connectivity index (χ0n) is 19.5. The fourth-order valence-electron chi connectivity index (χ4n) is 5.42. The maximum atomic E-state index is 14.3. The molecule has 176 valence electrons. The van der Waals surface area contributed by atoms with Crippen LogP contribution in [0.15, 0.2) is 61.2 Å². The van der Waals surface area contributed by atoms with Gasteiger partial charge < -0.3 is 4.90 Å². The van der Waals surface area contributed by atoms with Crippen molar-refractivity contribution in [1.82, 2.24) is 4.90 Å². The third-order valence-corrected chi connectivity index (χ3v) is 8.67. The Hall–Kier alpha value is -1.42. The topological polar surface area (TPSA) is 20.3 Å². The minimum Gasteiger partial charge on any atom is -0.330 e. The number of carbonyl (C=O) groups excluding carboxylic acids is 1. The normalized spacial score (nSPS) is 26.3. The van der Waals surface area contributed by atoms with Gasteiger partial charge in [-0.15, -0.1) is 6.58 Å². The van der Waals surface area contributed by atoms with E-state index in [9.17, 15) is 4.79 Å². The number of rotatable bonds is 9. The molecule has 2 fully saturated rings. The largest absolute Gasteiger partial charge is 0.330 e. The first-order valence-electron chi connectivity index (χ1n) is 11.9. The summed E-state index contributed by atoms with van der Waals surface area (Å²) >= 11 is 14.6. The summed E-state index contributed by atoms with van der Waals surface area (Å²) in [6.45, 7) is 8.31. The average molecular weight is 503 g/mol. The molecule has 1 aliphatic heterocycles. The third-order valence-electron chi connectivity index (χ3n) is 7.20. The molecule has 1 unspecified atom stereocenters. The van der Waals surface area contributed by atoms with Crippen molar-refractivity contribution in [3.63, 3.8) is 0 Å². The Morgan fingerprint density at radius 1 is 1.15 bits per heavy atom. The molecule has 0 N–H and O–H groups in total. The molecule has 2 aromatic rings. The van der Waals surface area contributed by atoms with E-state index in [1.165, 1.54) is 18.4 Å². The maximum Gasteiger partial charge on any atom is 0.229 e. The molecule has 1 aliphatic carbocycles. The van der Waals surface area contributed by atoms with Gasteiger partial charge in [0.25, 0.3) is 0 Å². The molecule has 0 aromatic heterocycles. The van der Waals surface area contributed by atoms with E-state index in [-0.39, 0.29) is 23.9 Å². The Labute approximate surface area is 212 Å². The molecule has 2 nitrogen and oxygen atoms in total. The highest BCUT2D eigenvalue weighted by Gasteiger charge is 2.53. The number of nitrogens with zero attached hydrogens (tertiary/aromatic N) is 1. The van der Waals surface area contributed by atoms with Crippen molar-refractivity contribution in [1.29, 1.82) is 0 Å². The van der Waals surface area contributed by atoms with Gasteiger partial charge in [0.15, 0.2) is 0 Å². The van der Waals surface area contributed by atoms with Crippen molar-refractivity contribution in [3.8, 4) is 0 Å².